The first-order valence-corrected chi connectivity index (χ1v) is 6.06. The Morgan fingerprint density at radius 3 is 3.06 bits per heavy atom. The molecule has 1 aromatic heterocycles. The summed E-state index contributed by atoms with van der Waals surface area (Å²) in [6.45, 7) is 2.06. The summed E-state index contributed by atoms with van der Waals surface area (Å²) in [5.41, 5.74) is -0.0636. The van der Waals surface area contributed by atoms with Gasteiger partial charge in [-0.25, -0.2) is 4.98 Å². The zero-order valence-corrected chi connectivity index (χ0v) is 10.0. The fraction of sp³-hybridized carbons (Fsp3) is 0.538. The molecule has 4 heteroatoms. The zero-order valence-electron chi connectivity index (χ0n) is 10.0. The summed E-state index contributed by atoms with van der Waals surface area (Å²) in [5, 5.41) is 3.04. The van der Waals surface area contributed by atoms with Gasteiger partial charge in [-0.15, -0.1) is 6.42 Å². The molecule has 0 amide bonds. The van der Waals surface area contributed by atoms with Crippen LogP contribution in [0.1, 0.15) is 38.6 Å². The van der Waals surface area contributed by atoms with E-state index in [9.17, 15) is 4.79 Å². The van der Waals surface area contributed by atoms with Crippen molar-refractivity contribution in [1.29, 1.82) is 0 Å². The van der Waals surface area contributed by atoms with Crippen molar-refractivity contribution in [3.05, 3.63) is 22.7 Å². The maximum atomic E-state index is 12.1. The molecule has 2 rings (SSSR count). The van der Waals surface area contributed by atoms with Gasteiger partial charge in [0.05, 0.1) is 6.04 Å². The fourth-order valence-electron chi connectivity index (χ4n) is 1.82. The van der Waals surface area contributed by atoms with Crippen molar-refractivity contribution in [3.8, 4) is 12.3 Å². The first-order chi connectivity index (χ1) is 8.26. The Kier molecular flexibility index (Phi) is 3.48. The minimum absolute atomic E-state index is 0.0636. The van der Waals surface area contributed by atoms with E-state index in [2.05, 4.69) is 23.1 Å². The van der Waals surface area contributed by atoms with E-state index < -0.39 is 0 Å². The molecule has 0 radical (unpaired) electrons. The van der Waals surface area contributed by atoms with Gasteiger partial charge in [-0.1, -0.05) is 19.3 Å². The molecule has 1 aliphatic rings. The number of aromatic nitrogens is 2. The van der Waals surface area contributed by atoms with E-state index in [0.717, 1.165) is 25.7 Å². The third-order valence-corrected chi connectivity index (χ3v) is 2.90. The van der Waals surface area contributed by atoms with Crippen LogP contribution in [0.4, 0.5) is 5.82 Å². The fourth-order valence-corrected chi connectivity index (χ4v) is 1.82. The molecule has 1 aliphatic carbocycles. The molecule has 0 bridgehead atoms. The van der Waals surface area contributed by atoms with Gasteiger partial charge in [0.1, 0.15) is 0 Å². The van der Waals surface area contributed by atoms with Crippen LogP contribution in [0.5, 0.6) is 0 Å². The molecule has 0 aliphatic heterocycles. The van der Waals surface area contributed by atoms with Crippen molar-refractivity contribution in [2.24, 2.45) is 0 Å². The van der Waals surface area contributed by atoms with Gasteiger partial charge < -0.3 is 9.88 Å². The maximum absolute atomic E-state index is 12.1. The molecule has 0 saturated heterocycles. The van der Waals surface area contributed by atoms with Crippen LogP contribution in [0.15, 0.2) is 17.2 Å². The highest BCUT2D eigenvalue weighted by molar-refractivity contribution is 5.35. The van der Waals surface area contributed by atoms with Crippen molar-refractivity contribution in [3.63, 3.8) is 0 Å². The molecule has 1 saturated carbocycles. The van der Waals surface area contributed by atoms with Gasteiger partial charge in [0.25, 0.3) is 5.56 Å². The predicted octanol–water partition coefficient (Wildman–Crippen LogP) is 1.79. The highest BCUT2D eigenvalue weighted by atomic mass is 16.1. The van der Waals surface area contributed by atoms with Crippen LogP contribution in [-0.4, -0.2) is 15.6 Å². The van der Waals surface area contributed by atoms with E-state index in [1.807, 2.05) is 0 Å². The number of nitrogens with one attached hydrogen (secondary N) is 1. The highest BCUT2D eigenvalue weighted by Gasteiger charge is 2.25. The molecular formula is C13H17N3O. The molecule has 1 fully saturated rings. The summed E-state index contributed by atoms with van der Waals surface area (Å²) in [6.07, 6.45) is 12.8. The molecule has 1 heterocycles. The minimum Gasteiger partial charge on any atom is -0.352 e. The molecule has 0 aromatic carbocycles. The topological polar surface area (TPSA) is 46.9 Å². The van der Waals surface area contributed by atoms with Crippen molar-refractivity contribution in [2.75, 3.05) is 5.32 Å². The second-order valence-corrected chi connectivity index (χ2v) is 4.37. The third kappa shape index (κ3) is 2.68. The molecular weight excluding hydrogens is 214 g/mol. The van der Waals surface area contributed by atoms with Crippen LogP contribution in [0.25, 0.3) is 0 Å². The van der Waals surface area contributed by atoms with Gasteiger partial charge in [-0.05, 0) is 19.3 Å². The average Bonchev–Trinajstić information content (AvgIpc) is 3.15. The van der Waals surface area contributed by atoms with Crippen LogP contribution in [0.3, 0.4) is 0 Å². The number of hydrogen-bond acceptors (Lipinski definition) is 3. The summed E-state index contributed by atoms with van der Waals surface area (Å²) in [4.78, 5) is 16.2. The van der Waals surface area contributed by atoms with Crippen LogP contribution >= 0.6 is 0 Å². The van der Waals surface area contributed by atoms with E-state index in [0.29, 0.717) is 11.9 Å². The monoisotopic (exact) mass is 231 g/mol. The number of nitrogens with zero attached hydrogens (tertiary/aromatic N) is 2. The van der Waals surface area contributed by atoms with Gasteiger partial charge >= 0.3 is 0 Å². The van der Waals surface area contributed by atoms with Crippen molar-refractivity contribution in [2.45, 2.75) is 44.7 Å². The standard InChI is InChI=1S/C13H17N3O/c1-3-5-10(4-2)15-12-13(17)16(9-8-14-12)11-6-7-11/h2,8-11H,3,5-7H2,1H3,(H,14,15). The Balaban J connectivity index is 2.18. The summed E-state index contributed by atoms with van der Waals surface area (Å²) >= 11 is 0. The normalized spacial score (nSPS) is 16.2. The Morgan fingerprint density at radius 1 is 1.71 bits per heavy atom. The van der Waals surface area contributed by atoms with Gasteiger partial charge in [0.2, 0.25) is 0 Å². The maximum Gasteiger partial charge on any atom is 0.293 e. The second kappa shape index (κ2) is 5.05. The minimum atomic E-state index is -0.116. The first kappa shape index (κ1) is 11.7. The molecule has 17 heavy (non-hydrogen) atoms. The quantitative estimate of drug-likeness (QED) is 0.786. The van der Waals surface area contributed by atoms with Crippen LogP contribution in [0.2, 0.25) is 0 Å². The lowest BCUT2D eigenvalue weighted by atomic mass is 10.2. The van der Waals surface area contributed by atoms with E-state index in [-0.39, 0.29) is 11.6 Å². The largest absolute Gasteiger partial charge is 0.352 e. The molecule has 1 N–H and O–H groups in total. The summed E-state index contributed by atoms with van der Waals surface area (Å²) in [7, 11) is 0. The highest BCUT2D eigenvalue weighted by Crippen LogP contribution is 2.33. The molecule has 90 valence electrons. The predicted molar refractivity (Wildman–Crippen MR) is 67.9 cm³/mol. The van der Waals surface area contributed by atoms with Crippen LogP contribution in [-0.2, 0) is 0 Å². The number of anilines is 1. The second-order valence-electron chi connectivity index (χ2n) is 4.37. The van der Waals surface area contributed by atoms with E-state index >= 15 is 0 Å². The summed E-state index contributed by atoms with van der Waals surface area (Å²) < 4.78 is 1.74. The molecule has 1 atom stereocenters. The third-order valence-electron chi connectivity index (χ3n) is 2.90. The molecule has 1 unspecified atom stereocenters. The van der Waals surface area contributed by atoms with Crippen molar-refractivity contribution in [1.82, 2.24) is 9.55 Å². The Labute approximate surface area is 101 Å². The summed E-state index contributed by atoms with van der Waals surface area (Å²) in [5.74, 6) is 3.01. The van der Waals surface area contributed by atoms with Crippen LogP contribution in [0, 0.1) is 12.3 Å². The Morgan fingerprint density at radius 2 is 2.47 bits per heavy atom. The van der Waals surface area contributed by atoms with Gasteiger partial charge in [-0.2, -0.15) is 0 Å². The van der Waals surface area contributed by atoms with E-state index in [1.165, 1.54) is 0 Å². The SMILES string of the molecule is C#CC(CCC)Nc1nccn(C2CC2)c1=O. The first-order valence-electron chi connectivity index (χ1n) is 6.06. The summed E-state index contributed by atoms with van der Waals surface area (Å²) in [6, 6.07) is 0.247. The van der Waals surface area contributed by atoms with Crippen molar-refractivity contribution >= 4 is 5.82 Å². The van der Waals surface area contributed by atoms with Gasteiger partial charge in [-0.3, -0.25) is 4.79 Å². The Bertz CT molecular complexity index is 482. The number of terminal acetylenes is 1. The smallest absolute Gasteiger partial charge is 0.293 e. The molecule has 1 aromatic rings. The van der Waals surface area contributed by atoms with Crippen LogP contribution < -0.4 is 10.9 Å². The van der Waals surface area contributed by atoms with Gasteiger partial charge in [0.15, 0.2) is 5.82 Å². The van der Waals surface area contributed by atoms with E-state index in [1.54, 1.807) is 17.0 Å². The zero-order chi connectivity index (χ0) is 12.3. The number of rotatable bonds is 5. The number of hydrogen-bond donors (Lipinski definition) is 1. The molecule has 0 spiro atoms. The lowest BCUT2D eigenvalue weighted by molar-refractivity contribution is 0.692. The lowest BCUT2D eigenvalue weighted by Gasteiger charge is -2.13. The van der Waals surface area contributed by atoms with Crippen molar-refractivity contribution < 1.29 is 0 Å². The Hall–Kier alpha value is -1.76. The van der Waals surface area contributed by atoms with E-state index in [4.69, 9.17) is 6.42 Å². The lowest BCUT2D eigenvalue weighted by Crippen LogP contribution is -2.28. The molecule has 4 nitrogen and oxygen atoms in total. The average molecular weight is 231 g/mol. The van der Waals surface area contributed by atoms with Gasteiger partial charge in [0, 0.05) is 18.4 Å².